The topological polar surface area (TPSA) is 55.2 Å². The van der Waals surface area contributed by atoms with Crippen LogP contribution in [0.25, 0.3) is 16.6 Å². The maximum Gasteiger partial charge on any atom is 0.266 e. The van der Waals surface area contributed by atoms with Crippen LogP contribution in [-0.2, 0) is 4.79 Å². The summed E-state index contributed by atoms with van der Waals surface area (Å²) in [6.07, 6.45) is 0.608. The Morgan fingerprint density at radius 2 is 1.90 bits per heavy atom. The zero-order chi connectivity index (χ0) is 22.1. The van der Waals surface area contributed by atoms with E-state index in [2.05, 4.69) is 0 Å². The average Bonchev–Trinajstić information content (AvgIpc) is 2.73. The van der Waals surface area contributed by atoms with Crippen LogP contribution in [0.15, 0.2) is 53.3 Å². The van der Waals surface area contributed by atoms with E-state index in [1.807, 2.05) is 70.2 Å². The van der Waals surface area contributed by atoms with Crippen LogP contribution in [0.2, 0.25) is 0 Å². The third-order valence-electron chi connectivity index (χ3n) is 5.45. The van der Waals surface area contributed by atoms with Gasteiger partial charge in [0.05, 0.1) is 28.0 Å². The molecule has 1 aromatic heterocycles. The number of rotatable bonds is 6. The van der Waals surface area contributed by atoms with E-state index in [-0.39, 0.29) is 23.4 Å². The van der Waals surface area contributed by atoms with Crippen molar-refractivity contribution in [2.75, 3.05) is 12.9 Å². The van der Waals surface area contributed by atoms with Crippen LogP contribution in [0.4, 0.5) is 0 Å². The number of carbonyl (C=O) groups excluding carboxylic acids is 1. The van der Waals surface area contributed by atoms with Gasteiger partial charge in [-0.05, 0) is 57.0 Å². The summed E-state index contributed by atoms with van der Waals surface area (Å²) in [5, 5.41) is 0.549. The van der Waals surface area contributed by atoms with Crippen molar-refractivity contribution in [3.63, 3.8) is 0 Å². The summed E-state index contributed by atoms with van der Waals surface area (Å²) in [5.74, 6) is 0.679. The lowest BCUT2D eigenvalue weighted by Gasteiger charge is -2.34. The fourth-order valence-electron chi connectivity index (χ4n) is 3.70. The number of hydrogen-bond donors (Lipinski definition) is 0. The van der Waals surface area contributed by atoms with Crippen LogP contribution in [0.5, 0.6) is 0 Å². The average molecular weight is 426 g/mol. The highest BCUT2D eigenvalue weighted by Crippen LogP contribution is 2.29. The van der Waals surface area contributed by atoms with Gasteiger partial charge in [0.15, 0.2) is 0 Å². The van der Waals surface area contributed by atoms with Crippen molar-refractivity contribution in [1.29, 1.82) is 0 Å². The first-order valence-corrected chi connectivity index (χ1v) is 10.7. The highest BCUT2D eigenvalue weighted by atomic mass is 35.5. The highest BCUT2D eigenvalue weighted by molar-refractivity contribution is 6.19. The molecule has 1 unspecified atom stereocenters. The second-order valence-corrected chi connectivity index (χ2v) is 8.59. The number of benzene rings is 2. The van der Waals surface area contributed by atoms with E-state index >= 15 is 0 Å². The van der Waals surface area contributed by atoms with Crippen molar-refractivity contribution in [2.45, 2.75) is 40.2 Å². The Hall–Kier alpha value is -2.66. The monoisotopic (exact) mass is 425 g/mol. The Labute approximate surface area is 182 Å². The normalized spacial score (nSPS) is 12.7. The number of aromatic nitrogens is 2. The minimum Gasteiger partial charge on any atom is -0.335 e. The number of aryl methyl sites for hydroxylation is 1. The lowest BCUT2D eigenvalue weighted by Crippen LogP contribution is -2.43. The molecule has 2 aromatic carbocycles. The second kappa shape index (κ2) is 8.60. The van der Waals surface area contributed by atoms with Gasteiger partial charge in [0.2, 0.25) is 5.91 Å². The minimum atomic E-state index is -0.713. The predicted octanol–water partition coefficient (Wildman–Crippen LogP) is 4.87. The first-order chi connectivity index (χ1) is 14.2. The van der Waals surface area contributed by atoms with Crippen LogP contribution in [0.1, 0.15) is 44.6 Å². The molecule has 30 heavy (non-hydrogen) atoms. The smallest absolute Gasteiger partial charge is 0.266 e. The van der Waals surface area contributed by atoms with Gasteiger partial charge in [-0.1, -0.05) is 31.2 Å². The molecular formula is C24H28ClN3O2. The quantitative estimate of drug-likeness (QED) is 0.529. The van der Waals surface area contributed by atoms with Gasteiger partial charge < -0.3 is 4.90 Å². The van der Waals surface area contributed by atoms with Crippen molar-refractivity contribution in [1.82, 2.24) is 14.5 Å². The summed E-state index contributed by atoms with van der Waals surface area (Å²) in [5.41, 5.74) is 1.55. The van der Waals surface area contributed by atoms with Gasteiger partial charge >= 0.3 is 0 Å². The molecule has 3 rings (SSSR count). The predicted molar refractivity (Wildman–Crippen MR) is 122 cm³/mol. The van der Waals surface area contributed by atoms with E-state index in [1.165, 1.54) is 0 Å². The van der Waals surface area contributed by atoms with Crippen LogP contribution in [-0.4, -0.2) is 33.3 Å². The SMILES string of the molecule is CCC(c1nc2ccccc2c(=O)n1-c1cccc(C)c1)N(C)C(=O)C(C)(C)CCl. The fourth-order valence-corrected chi connectivity index (χ4v) is 3.81. The van der Waals surface area contributed by atoms with E-state index in [0.29, 0.717) is 23.1 Å². The molecule has 5 nitrogen and oxygen atoms in total. The number of halogens is 1. The largest absolute Gasteiger partial charge is 0.335 e. The summed E-state index contributed by atoms with van der Waals surface area (Å²) in [4.78, 5) is 33.2. The van der Waals surface area contributed by atoms with Crippen molar-refractivity contribution < 1.29 is 4.79 Å². The molecule has 0 saturated carbocycles. The maximum absolute atomic E-state index is 13.5. The summed E-state index contributed by atoms with van der Waals surface area (Å²) in [7, 11) is 1.76. The number of amides is 1. The second-order valence-electron chi connectivity index (χ2n) is 8.32. The van der Waals surface area contributed by atoms with Gasteiger partial charge in [-0.25, -0.2) is 4.98 Å². The minimum absolute atomic E-state index is 0.0810. The fraction of sp³-hybridized carbons (Fsp3) is 0.375. The van der Waals surface area contributed by atoms with E-state index in [0.717, 1.165) is 11.3 Å². The molecule has 0 saturated heterocycles. The van der Waals surface area contributed by atoms with Gasteiger partial charge in [0.1, 0.15) is 5.82 Å². The molecule has 0 N–H and O–H groups in total. The maximum atomic E-state index is 13.5. The summed E-state index contributed by atoms with van der Waals surface area (Å²) < 4.78 is 1.64. The molecule has 1 atom stereocenters. The molecular weight excluding hydrogens is 398 g/mol. The Bertz CT molecular complexity index is 1140. The lowest BCUT2D eigenvalue weighted by molar-refractivity contribution is -0.140. The number of nitrogens with zero attached hydrogens (tertiary/aromatic N) is 3. The van der Waals surface area contributed by atoms with Gasteiger partial charge in [-0.3, -0.25) is 14.2 Å². The molecule has 0 fully saturated rings. The highest BCUT2D eigenvalue weighted by Gasteiger charge is 2.34. The summed E-state index contributed by atoms with van der Waals surface area (Å²) in [6.45, 7) is 7.63. The van der Waals surface area contributed by atoms with Gasteiger partial charge in [0, 0.05) is 12.9 Å². The zero-order valence-corrected chi connectivity index (χ0v) is 18.9. The first-order valence-electron chi connectivity index (χ1n) is 10.1. The van der Waals surface area contributed by atoms with Crippen molar-refractivity contribution in [3.05, 3.63) is 70.3 Å². The Balaban J connectivity index is 2.29. The third-order valence-corrected chi connectivity index (χ3v) is 6.12. The van der Waals surface area contributed by atoms with Gasteiger partial charge in [-0.2, -0.15) is 0 Å². The Morgan fingerprint density at radius 1 is 1.20 bits per heavy atom. The third kappa shape index (κ3) is 3.99. The van der Waals surface area contributed by atoms with E-state index in [1.54, 1.807) is 22.6 Å². The van der Waals surface area contributed by atoms with Crippen LogP contribution >= 0.6 is 11.6 Å². The number of para-hydroxylation sites is 1. The molecule has 6 heteroatoms. The van der Waals surface area contributed by atoms with Crippen LogP contribution < -0.4 is 5.56 Å². The first kappa shape index (κ1) is 22.0. The van der Waals surface area contributed by atoms with Crippen LogP contribution in [0, 0.1) is 12.3 Å². The molecule has 0 bridgehead atoms. The zero-order valence-electron chi connectivity index (χ0n) is 18.1. The molecule has 0 aliphatic heterocycles. The van der Waals surface area contributed by atoms with Gasteiger partial charge in [0.25, 0.3) is 5.56 Å². The van der Waals surface area contributed by atoms with Crippen LogP contribution in [0.3, 0.4) is 0 Å². The number of carbonyl (C=O) groups is 1. The molecule has 0 aliphatic rings. The lowest BCUT2D eigenvalue weighted by atomic mass is 9.93. The van der Waals surface area contributed by atoms with Crippen molar-refractivity contribution >= 4 is 28.4 Å². The van der Waals surface area contributed by atoms with Crippen molar-refractivity contribution in [2.24, 2.45) is 5.41 Å². The number of hydrogen-bond acceptors (Lipinski definition) is 3. The Kier molecular flexibility index (Phi) is 6.32. The number of fused-ring (bicyclic) bond motifs is 1. The molecule has 0 aliphatic carbocycles. The molecule has 3 aromatic rings. The molecule has 1 heterocycles. The van der Waals surface area contributed by atoms with E-state index < -0.39 is 5.41 Å². The van der Waals surface area contributed by atoms with E-state index in [4.69, 9.17) is 16.6 Å². The van der Waals surface area contributed by atoms with Crippen molar-refractivity contribution in [3.8, 4) is 5.69 Å². The van der Waals surface area contributed by atoms with E-state index in [9.17, 15) is 9.59 Å². The summed E-state index contributed by atoms with van der Waals surface area (Å²) in [6, 6.07) is 14.7. The standard InChI is InChI=1S/C24H28ClN3O2/c1-6-20(27(5)23(30)24(3,4)15-25)21-26-19-13-8-7-12-18(19)22(29)28(21)17-11-9-10-16(2)14-17/h7-14,20H,6,15H2,1-5H3. The Morgan fingerprint density at radius 3 is 2.53 bits per heavy atom. The summed E-state index contributed by atoms with van der Waals surface area (Å²) >= 11 is 6.06. The molecule has 0 spiro atoms. The molecule has 1 amide bonds. The molecule has 158 valence electrons. The molecule has 0 radical (unpaired) electrons. The van der Waals surface area contributed by atoms with Gasteiger partial charge in [-0.15, -0.1) is 11.6 Å². The number of alkyl halides is 1.